The second-order valence-corrected chi connectivity index (χ2v) is 7.46. The predicted molar refractivity (Wildman–Crippen MR) is 93.6 cm³/mol. The molecule has 2 fully saturated rings. The third kappa shape index (κ3) is 2.82. The molecule has 5 heteroatoms. The van der Waals surface area contributed by atoms with Gasteiger partial charge in [-0.2, -0.15) is 5.26 Å². The smallest absolute Gasteiger partial charge is 0.227 e. The van der Waals surface area contributed by atoms with Gasteiger partial charge in [-0.3, -0.25) is 9.59 Å². The quantitative estimate of drug-likeness (QED) is 0.780. The summed E-state index contributed by atoms with van der Waals surface area (Å²) in [5, 5.41) is 8.91. The van der Waals surface area contributed by atoms with Crippen LogP contribution in [0.5, 0.6) is 0 Å². The van der Waals surface area contributed by atoms with Crippen LogP contribution >= 0.6 is 0 Å². The number of benzene rings is 1. The van der Waals surface area contributed by atoms with E-state index in [1.165, 1.54) is 0 Å². The van der Waals surface area contributed by atoms with Gasteiger partial charge in [0, 0.05) is 43.1 Å². The van der Waals surface area contributed by atoms with Crippen LogP contribution < -0.4 is 4.90 Å². The van der Waals surface area contributed by atoms with Crippen molar-refractivity contribution in [3.05, 3.63) is 42.0 Å². The first-order valence-corrected chi connectivity index (χ1v) is 8.85. The van der Waals surface area contributed by atoms with E-state index in [1.807, 2.05) is 21.9 Å². The van der Waals surface area contributed by atoms with Crippen molar-refractivity contribution in [1.29, 1.82) is 5.26 Å². The second-order valence-electron chi connectivity index (χ2n) is 7.46. The fourth-order valence-corrected chi connectivity index (χ4v) is 4.32. The molecule has 1 spiro atoms. The predicted octanol–water partition coefficient (Wildman–Crippen LogP) is 2.48. The van der Waals surface area contributed by atoms with E-state index in [9.17, 15) is 9.59 Å². The van der Waals surface area contributed by atoms with Crippen molar-refractivity contribution in [3.63, 3.8) is 0 Å². The third-order valence-electron chi connectivity index (χ3n) is 5.74. The van der Waals surface area contributed by atoms with E-state index in [1.54, 1.807) is 12.1 Å². The summed E-state index contributed by atoms with van der Waals surface area (Å²) in [7, 11) is 0. The maximum Gasteiger partial charge on any atom is 0.227 e. The Morgan fingerprint density at radius 3 is 2.56 bits per heavy atom. The molecule has 5 nitrogen and oxygen atoms in total. The Bertz CT molecular complexity index is 769. The number of anilines is 1. The number of amides is 2. The van der Waals surface area contributed by atoms with Gasteiger partial charge in [0.25, 0.3) is 0 Å². The van der Waals surface area contributed by atoms with Crippen LogP contribution in [0.3, 0.4) is 0 Å². The van der Waals surface area contributed by atoms with Gasteiger partial charge in [0.15, 0.2) is 0 Å². The normalized spacial score (nSPS) is 26.0. The van der Waals surface area contributed by atoms with E-state index in [0.29, 0.717) is 25.1 Å². The first kappa shape index (κ1) is 15.9. The largest absolute Gasteiger partial charge is 0.342 e. The summed E-state index contributed by atoms with van der Waals surface area (Å²) >= 11 is 0. The summed E-state index contributed by atoms with van der Waals surface area (Å²) in [6.45, 7) is 2.09. The standard InChI is InChI=1S/C20H21N3O2/c21-12-15-5-7-17(8-6-15)23-14-20(11-18(23)24)9-10-22(13-20)19(25)16-3-1-2-4-16/h1-2,5-8,16H,3-4,9-11,13-14H2. The fraction of sp³-hybridized carbons (Fsp3) is 0.450. The highest BCUT2D eigenvalue weighted by molar-refractivity contribution is 5.96. The number of hydrogen-bond donors (Lipinski definition) is 0. The molecular weight excluding hydrogens is 314 g/mol. The molecular formula is C20H21N3O2. The third-order valence-corrected chi connectivity index (χ3v) is 5.74. The number of carbonyl (C=O) groups excluding carboxylic acids is 2. The van der Waals surface area contributed by atoms with Crippen LogP contribution in [-0.4, -0.2) is 36.3 Å². The molecule has 0 aromatic heterocycles. The lowest BCUT2D eigenvalue weighted by Crippen LogP contribution is -2.36. The van der Waals surface area contributed by atoms with Crippen LogP contribution in [0, 0.1) is 22.7 Å². The molecule has 2 saturated heterocycles. The zero-order valence-corrected chi connectivity index (χ0v) is 14.1. The molecule has 1 aromatic rings. The number of carbonyl (C=O) groups is 2. The van der Waals surface area contributed by atoms with Gasteiger partial charge in [-0.25, -0.2) is 0 Å². The highest BCUT2D eigenvalue weighted by atomic mass is 16.2. The minimum absolute atomic E-state index is 0.0990. The summed E-state index contributed by atoms with van der Waals surface area (Å²) in [5.41, 5.74) is 1.31. The van der Waals surface area contributed by atoms with Gasteiger partial charge in [0.2, 0.25) is 11.8 Å². The summed E-state index contributed by atoms with van der Waals surface area (Å²) in [5.74, 6) is 0.453. The molecule has 25 heavy (non-hydrogen) atoms. The van der Waals surface area contributed by atoms with E-state index >= 15 is 0 Å². The first-order valence-electron chi connectivity index (χ1n) is 8.85. The molecule has 0 bridgehead atoms. The summed E-state index contributed by atoms with van der Waals surface area (Å²) in [6.07, 6.45) is 7.24. The number of hydrogen-bond acceptors (Lipinski definition) is 3. The molecule has 2 amide bonds. The Morgan fingerprint density at radius 1 is 1.16 bits per heavy atom. The number of nitrogens with zero attached hydrogens (tertiary/aromatic N) is 3. The Labute approximate surface area is 147 Å². The molecule has 2 aliphatic heterocycles. The first-order chi connectivity index (χ1) is 12.1. The van der Waals surface area contributed by atoms with Crippen LogP contribution in [0.1, 0.15) is 31.2 Å². The second kappa shape index (κ2) is 6.03. The zero-order chi connectivity index (χ0) is 17.4. The average Bonchev–Trinajstić information content (AvgIpc) is 3.36. The van der Waals surface area contributed by atoms with Crippen molar-refractivity contribution in [2.24, 2.45) is 11.3 Å². The molecule has 4 rings (SSSR count). The molecule has 0 N–H and O–H groups in total. The lowest BCUT2D eigenvalue weighted by atomic mass is 9.86. The summed E-state index contributed by atoms with van der Waals surface area (Å²) in [4.78, 5) is 29.0. The molecule has 1 aliphatic carbocycles. The van der Waals surface area contributed by atoms with E-state index in [0.717, 1.165) is 31.5 Å². The maximum atomic E-state index is 12.6. The van der Waals surface area contributed by atoms with E-state index in [-0.39, 0.29) is 23.1 Å². The van der Waals surface area contributed by atoms with Crippen molar-refractivity contribution in [3.8, 4) is 6.07 Å². The molecule has 3 aliphatic rings. The topological polar surface area (TPSA) is 64.4 Å². The van der Waals surface area contributed by atoms with E-state index < -0.39 is 0 Å². The van der Waals surface area contributed by atoms with Crippen LogP contribution in [-0.2, 0) is 9.59 Å². The average molecular weight is 335 g/mol. The number of rotatable bonds is 2. The van der Waals surface area contributed by atoms with Gasteiger partial charge in [-0.15, -0.1) is 0 Å². The monoisotopic (exact) mass is 335 g/mol. The van der Waals surface area contributed by atoms with Gasteiger partial charge in [0.1, 0.15) is 0 Å². The van der Waals surface area contributed by atoms with Crippen LogP contribution in [0.4, 0.5) is 5.69 Å². The van der Waals surface area contributed by atoms with E-state index in [4.69, 9.17) is 5.26 Å². The van der Waals surface area contributed by atoms with Crippen molar-refractivity contribution < 1.29 is 9.59 Å². The summed E-state index contributed by atoms with van der Waals surface area (Å²) in [6, 6.07) is 9.24. The van der Waals surface area contributed by atoms with Crippen LogP contribution in [0.15, 0.2) is 36.4 Å². The van der Waals surface area contributed by atoms with Crippen LogP contribution in [0.2, 0.25) is 0 Å². The Kier molecular flexibility index (Phi) is 3.84. The molecule has 128 valence electrons. The van der Waals surface area contributed by atoms with Crippen molar-refractivity contribution in [2.75, 3.05) is 24.5 Å². The van der Waals surface area contributed by atoms with Crippen molar-refractivity contribution in [2.45, 2.75) is 25.7 Å². The Balaban J connectivity index is 1.46. The number of allylic oxidation sites excluding steroid dienone is 2. The highest BCUT2D eigenvalue weighted by Crippen LogP contribution is 2.42. The number of nitriles is 1. The Hall–Kier alpha value is -2.61. The van der Waals surface area contributed by atoms with E-state index in [2.05, 4.69) is 18.2 Å². The summed E-state index contributed by atoms with van der Waals surface area (Å²) < 4.78 is 0. The van der Waals surface area contributed by atoms with Gasteiger partial charge in [-0.1, -0.05) is 12.2 Å². The maximum absolute atomic E-state index is 12.6. The minimum atomic E-state index is -0.118. The van der Waals surface area contributed by atoms with Gasteiger partial charge < -0.3 is 9.80 Å². The van der Waals surface area contributed by atoms with Gasteiger partial charge in [0.05, 0.1) is 11.6 Å². The molecule has 1 aromatic carbocycles. The van der Waals surface area contributed by atoms with Crippen molar-refractivity contribution in [1.82, 2.24) is 4.90 Å². The zero-order valence-electron chi connectivity index (χ0n) is 14.1. The minimum Gasteiger partial charge on any atom is -0.342 e. The van der Waals surface area contributed by atoms with Gasteiger partial charge >= 0.3 is 0 Å². The highest BCUT2D eigenvalue weighted by Gasteiger charge is 2.49. The molecule has 1 atom stereocenters. The fourth-order valence-electron chi connectivity index (χ4n) is 4.32. The molecule has 2 heterocycles. The lowest BCUT2D eigenvalue weighted by Gasteiger charge is -2.25. The SMILES string of the molecule is N#Cc1ccc(N2CC3(CCN(C(=O)C4CC=CC4)C3)CC2=O)cc1. The van der Waals surface area contributed by atoms with Crippen molar-refractivity contribution >= 4 is 17.5 Å². The molecule has 0 radical (unpaired) electrons. The lowest BCUT2D eigenvalue weighted by molar-refractivity contribution is -0.134. The number of likely N-dealkylation sites (tertiary alicyclic amines) is 1. The van der Waals surface area contributed by atoms with Gasteiger partial charge in [-0.05, 0) is 43.5 Å². The van der Waals surface area contributed by atoms with Crippen LogP contribution in [0.25, 0.3) is 0 Å². The molecule has 0 saturated carbocycles. The Morgan fingerprint density at radius 2 is 1.88 bits per heavy atom. The molecule has 1 unspecified atom stereocenters.